The van der Waals surface area contributed by atoms with E-state index in [2.05, 4.69) is 0 Å². The Balaban J connectivity index is 2.49. The molecule has 1 amide bonds. The molecule has 1 heterocycles. The van der Waals surface area contributed by atoms with Crippen LogP contribution in [0.2, 0.25) is 0 Å². The second-order valence-electron chi connectivity index (χ2n) is 4.40. The molecule has 0 aliphatic carbocycles. The van der Waals surface area contributed by atoms with Crippen LogP contribution in [-0.4, -0.2) is 18.7 Å². The lowest BCUT2D eigenvalue weighted by Crippen LogP contribution is -2.37. The van der Waals surface area contributed by atoms with E-state index in [1.165, 1.54) is 0 Å². The number of carbonyl (C=O) groups excluding carboxylic acids is 2. The third-order valence-corrected chi connectivity index (χ3v) is 3.13. The van der Waals surface area contributed by atoms with Crippen LogP contribution < -0.4 is 4.90 Å². The highest BCUT2D eigenvalue weighted by Crippen LogP contribution is 2.30. The molecule has 0 N–H and O–H groups in total. The number of benzene rings is 1. The highest BCUT2D eigenvalue weighted by Gasteiger charge is 2.27. The van der Waals surface area contributed by atoms with Crippen LogP contribution in [0.1, 0.15) is 29.8 Å². The van der Waals surface area contributed by atoms with Crippen molar-refractivity contribution in [3.05, 3.63) is 29.3 Å². The second-order valence-corrected chi connectivity index (χ2v) is 4.40. The third-order valence-electron chi connectivity index (χ3n) is 3.13. The Morgan fingerprint density at radius 2 is 2.12 bits per heavy atom. The molecule has 0 saturated heterocycles. The van der Waals surface area contributed by atoms with Crippen molar-refractivity contribution in [1.29, 1.82) is 0 Å². The average molecular weight is 217 g/mol. The molecule has 0 fully saturated rings. The zero-order valence-electron chi connectivity index (χ0n) is 9.78. The first-order valence-corrected chi connectivity index (χ1v) is 5.42. The Morgan fingerprint density at radius 1 is 1.44 bits per heavy atom. The predicted molar refractivity (Wildman–Crippen MR) is 62.7 cm³/mol. The van der Waals surface area contributed by atoms with Crippen molar-refractivity contribution in [3.8, 4) is 0 Å². The van der Waals surface area contributed by atoms with E-state index in [-0.39, 0.29) is 17.6 Å². The van der Waals surface area contributed by atoms with Gasteiger partial charge in [0.25, 0.3) is 0 Å². The number of Topliss-reactive ketones (excluding diaryl/α,β-unsaturated/α-hetero) is 1. The van der Waals surface area contributed by atoms with E-state index in [1.807, 2.05) is 19.1 Å². The minimum absolute atomic E-state index is 0.000270. The Hall–Kier alpha value is -1.64. The Bertz CT molecular complexity index is 465. The lowest BCUT2D eigenvalue weighted by molar-refractivity contribution is -0.121. The molecule has 3 heteroatoms. The number of nitrogens with zero attached hydrogens (tertiary/aromatic N) is 1. The summed E-state index contributed by atoms with van der Waals surface area (Å²) in [5.41, 5.74) is 2.73. The first-order chi connectivity index (χ1) is 7.50. The van der Waals surface area contributed by atoms with Crippen LogP contribution in [0.15, 0.2) is 18.2 Å². The molecule has 0 spiro atoms. The highest BCUT2D eigenvalue weighted by molar-refractivity contribution is 5.99. The predicted octanol–water partition coefficient (Wildman–Crippen LogP) is 2.04. The minimum atomic E-state index is -0.000270. The van der Waals surface area contributed by atoms with Gasteiger partial charge in [0.15, 0.2) is 5.78 Å². The number of anilines is 1. The molecule has 1 aliphatic heterocycles. The van der Waals surface area contributed by atoms with Crippen molar-refractivity contribution in [3.63, 3.8) is 0 Å². The molecule has 0 saturated carbocycles. The molecule has 0 aromatic heterocycles. The van der Waals surface area contributed by atoms with E-state index in [0.29, 0.717) is 5.56 Å². The van der Waals surface area contributed by atoms with Crippen LogP contribution in [0, 0.1) is 5.92 Å². The van der Waals surface area contributed by atoms with E-state index in [4.69, 9.17) is 0 Å². The van der Waals surface area contributed by atoms with Crippen LogP contribution in [0.25, 0.3) is 0 Å². The third kappa shape index (κ3) is 1.62. The van der Waals surface area contributed by atoms with Crippen molar-refractivity contribution in [2.24, 2.45) is 5.92 Å². The summed E-state index contributed by atoms with van der Waals surface area (Å²) in [4.78, 5) is 24.7. The van der Waals surface area contributed by atoms with Crippen LogP contribution in [-0.2, 0) is 11.2 Å². The monoisotopic (exact) mass is 217 g/mol. The molecule has 16 heavy (non-hydrogen) atoms. The molecule has 3 nitrogen and oxygen atoms in total. The second kappa shape index (κ2) is 3.74. The van der Waals surface area contributed by atoms with Crippen molar-refractivity contribution in [2.45, 2.75) is 20.3 Å². The lowest BCUT2D eigenvalue weighted by Gasteiger charge is -2.30. The summed E-state index contributed by atoms with van der Waals surface area (Å²) in [6.07, 6.45) is 0.722. The first-order valence-electron chi connectivity index (χ1n) is 5.42. The molecule has 1 atom stereocenters. The van der Waals surface area contributed by atoms with Crippen molar-refractivity contribution >= 4 is 17.4 Å². The van der Waals surface area contributed by atoms with E-state index < -0.39 is 0 Å². The molecule has 0 radical (unpaired) electrons. The molecule has 1 aliphatic rings. The fourth-order valence-electron chi connectivity index (χ4n) is 2.16. The van der Waals surface area contributed by atoms with E-state index in [1.54, 1.807) is 24.9 Å². The molecule has 1 aromatic carbocycles. The van der Waals surface area contributed by atoms with Gasteiger partial charge in [-0.25, -0.2) is 0 Å². The van der Waals surface area contributed by atoms with Gasteiger partial charge in [0, 0.05) is 24.2 Å². The number of hydrogen-bond donors (Lipinski definition) is 0. The standard InChI is InChI=1S/C13H15NO2/c1-8-6-11-7-10(9(2)15)4-5-12(11)14(3)13(8)16/h4-5,7-8H,6H2,1-3H3/t8-/m0/s1. The molecule has 1 aromatic rings. The first kappa shape index (κ1) is 10.9. The maximum atomic E-state index is 11.8. The molecule has 2 rings (SSSR count). The van der Waals surface area contributed by atoms with Gasteiger partial charge in [-0.05, 0) is 37.1 Å². The van der Waals surface area contributed by atoms with Crippen molar-refractivity contribution in [1.82, 2.24) is 0 Å². The number of hydrogen-bond acceptors (Lipinski definition) is 2. The molecular weight excluding hydrogens is 202 g/mol. The van der Waals surface area contributed by atoms with E-state index in [0.717, 1.165) is 17.7 Å². The quantitative estimate of drug-likeness (QED) is 0.675. The Kier molecular flexibility index (Phi) is 2.54. The van der Waals surface area contributed by atoms with Gasteiger partial charge in [-0.15, -0.1) is 0 Å². The van der Waals surface area contributed by atoms with Gasteiger partial charge in [-0.1, -0.05) is 6.92 Å². The smallest absolute Gasteiger partial charge is 0.229 e. The summed E-state index contributed by atoms with van der Waals surface area (Å²) in [5.74, 6) is 0.206. The van der Waals surface area contributed by atoms with E-state index >= 15 is 0 Å². The summed E-state index contributed by atoms with van der Waals surface area (Å²) in [6, 6.07) is 5.54. The Morgan fingerprint density at radius 3 is 2.75 bits per heavy atom. The minimum Gasteiger partial charge on any atom is -0.315 e. The Labute approximate surface area is 95.1 Å². The van der Waals surface area contributed by atoms with Crippen LogP contribution in [0.3, 0.4) is 0 Å². The van der Waals surface area contributed by atoms with E-state index in [9.17, 15) is 9.59 Å². The maximum Gasteiger partial charge on any atom is 0.229 e. The number of ketones is 1. The summed E-state index contributed by atoms with van der Waals surface area (Å²) in [7, 11) is 1.78. The summed E-state index contributed by atoms with van der Waals surface area (Å²) < 4.78 is 0. The maximum absolute atomic E-state index is 11.8. The number of fused-ring (bicyclic) bond motifs is 1. The zero-order valence-corrected chi connectivity index (χ0v) is 9.78. The van der Waals surface area contributed by atoms with Gasteiger partial charge in [0.1, 0.15) is 0 Å². The van der Waals surface area contributed by atoms with Gasteiger partial charge >= 0.3 is 0 Å². The normalized spacial score (nSPS) is 19.6. The summed E-state index contributed by atoms with van der Waals surface area (Å²) in [6.45, 7) is 3.48. The van der Waals surface area contributed by atoms with Gasteiger partial charge in [0.2, 0.25) is 5.91 Å². The fourth-order valence-corrected chi connectivity index (χ4v) is 2.16. The SMILES string of the molecule is CC(=O)c1ccc2c(c1)C[C@H](C)C(=O)N2C. The summed E-state index contributed by atoms with van der Waals surface area (Å²) >= 11 is 0. The molecule has 0 unspecified atom stereocenters. The van der Waals surface area contributed by atoms with Gasteiger partial charge in [-0.3, -0.25) is 9.59 Å². The lowest BCUT2D eigenvalue weighted by atomic mass is 9.92. The fraction of sp³-hybridized carbons (Fsp3) is 0.385. The average Bonchev–Trinajstić information content (AvgIpc) is 2.25. The van der Waals surface area contributed by atoms with Crippen LogP contribution in [0.5, 0.6) is 0 Å². The number of rotatable bonds is 1. The largest absolute Gasteiger partial charge is 0.315 e. The topological polar surface area (TPSA) is 37.4 Å². The highest BCUT2D eigenvalue weighted by atomic mass is 16.2. The van der Waals surface area contributed by atoms with Crippen molar-refractivity contribution in [2.75, 3.05) is 11.9 Å². The van der Waals surface area contributed by atoms with Crippen LogP contribution >= 0.6 is 0 Å². The molecule has 0 bridgehead atoms. The van der Waals surface area contributed by atoms with Gasteiger partial charge < -0.3 is 4.90 Å². The molecule has 84 valence electrons. The van der Waals surface area contributed by atoms with Gasteiger partial charge in [-0.2, -0.15) is 0 Å². The van der Waals surface area contributed by atoms with Crippen LogP contribution in [0.4, 0.5) is 5.69 Å². The molecular formula is C13H15NO2. The zero-order chi connectivity index (χ0) is 11.9. The number of amides is 1. The van der Waals surface area contributed by atoms with Gasteiger partial charge in [0.05, 0.1) is 0 Å². The summed E-state index contributed by atoms with van der Waals surface area (Å²) in [5, 5.41) is 0. The number of carbonyl (C=O) groups is 2. The van der Waals surface area contributed by atoms with Crippen molar-refractivity contribution < 1.29 is 9.59 Å².